The molecular formula is C14H16F2N4S. The standard InChI is InChI=1S/C14H16F2N4S/c1-17-13-10(8-19-14(20-13)21-2)7-18-6-9-3-4-11(15)5-12(9)16/h3-5,8,18H,6-7H2,1-2H3,(H,17,19,20). The summed E-state index contributed by atoms with van der Waals surface area (Å²) < 4.78 is 26.3. The fourth-order valence-corrected chi connectivity index (χ4v) is 2.17. The Kier molecular flexibility index (Phi) is 5.46. The van der Waals surface area contributed by atoms with Gasteiger partial charge in [-0.15, -0.1) is 0 Å². The summed E-state index contributed by atoms with van der Waals surface area (Å²) in [6.45, 7) is 0.793. The van der Waals surface area contributed by atoms with E-state index in [0.29, 0.717) is 23.8 Å². The van der Waals surface area contributed by atoms with Gasteiger partial charge >= 0.3 is 0 Å². The molecule has 0 amide bonds. The Bertz CT molecular complexity index is 622. The van der Waals surface area contributed by atoms with Gasteiger partial charge in [-0.3, -0.25) is 0 Å². The molecule has 1 aromatic heterocycles. The molecule has 2 aromatic rings. The molecule has 0 bridgehead atoms. The smallest absolute Gasteiger partial charge is 0.189 e. The van der Waals surface area contributed by atoms with E-state index in [9.17, 15) is 8.78 Å². The first-order valence-electron chi connectivity index (χ1n) is 6.36. The van der Waals surface area contributed by atoms with Crippen molar-refractivity contribution < 1.29 is 8.78 Å². The zero-order valence-electron chi connectivity index (χ0n) is 11.8. The van der Waals surface area contributed by atoms with Crippen molar-refractivity contribution in [1.82, 2.24) is 15.3 Å². The van der Waals surface area contributed by atoms with Crippen molar-refractivity contribution in [2.75, 3.05) is 18.6 Å². The third-order valence-corrected chi connectivity index (χ3v) is 3.47. The van der Waals surface area contributed by atoms with Gasteiger partial charge in [0.2, 0.25) is 0 Å². The predicted molar refractivity (Wildman–Crippen MR) is 80.3 cm³/mol. The maximum atomic E-state index is 13.5. The number of nitrogens with zero attached hydrogens (tertiary/aromatic N) is 2. The summed E-state index contributed by atoms with van der Waals surface area (Å²) in [5.74, 6) is -0.387. The zero-order valence-corrected chi connectivity index (χ0v) is 12.6. The van der Waals surface area contributed by atoms with E-state index in [4.69, 9.17) is 0 Å². The average molecular weight is 310 g/mol. The van der Waals surface area contributed by atoms with E-state index in [0.717, 1.165) is 17.4 Å². The molecule has 4 nitrogen and oxygen atoms in total. The lowest BCUT2D eigenvalue weighted by Gasteiger charge is -2.10. The fraction of sp³-hybridized carbons (Fsp3) is 0.286. The number of rotatable bonds is 6. The second-order valence-corrected chi connectivity index (χ2v) is 5.09. The van der Waals surface area contributed by atoms with E-state index in [1.165, 1.54) is 23.9 Å². The van der Waals surface area contributed by atoms with Crippen LogP contribution in [0.3, 0.4) is 0 Å². The largest absolute Gasteiger partial charge is 0.373 e. The Labute approximate surface area is 126 Å². The first-order chi connectivity index (χ1) is 10.1. The number of halogens is 2. The quantitative estimate of drug-likeness (QED) is 0.635. The maximum absolute atomic E-state index is 13.5. The van der Waals surface area contributed by atoms with Crippen LogP contribution in [0.4, 0.5) is 14.6 Å². The summed E-state index contributed by atoms with van der Waals surface area (Å²) in [5, 5.41) is 6.80. The molecule has 0 unspecified atom stereocenters. The molecule has 0 aliphatic rings. The van der Waals surface area contributed by atoms with Crippen LogP contribution in [0.15, 0.2) is 29.6 Å². The Balaban J connectivity index is 2.00. The van der Waals surface area contributed by atoms with Crippen molar-refractivity contribution in [1.29, 1.82) is 0 Å². The molecule has 1 heterocycles. The van der Waals surface area contributed by atoms with E-state index in [1.807, 2.05) is 6.26 Å². The average Bonchev–Trinajstić information content (AvgIpc) is 2.49. The molecule has 1 aromatic carbocycles. The molecule has 0 aliphatic heterocycles. The van der Waals surface area contributed by atoms with Gasteiger partial charge in [0, 0.05) is 43.5 Å². The molecule has 0 saturated carbocycles. The van der Waals surface area contributed by atoms with Crippen molar-refractivity contribution in [2.45, 2.75) is 18.2 Å². The minimum absolute atomic E-state index is 0.305. The minimum Gasteiger partial charge on any atom is -0.373 e. The molecule has 0 radical (unpaired) electrons. The van der Waals surface area contributed by atoms with E-state index in [-0.39, 0.29) is 0 Å². The van der Waals surface area contributed by atoms with Crippen LogP contribution in [0.2, 0.25) is 0 Å². The van der Waals surface area contributed by atoms with Crippen LogP contribution in [0, 0.1) is 11.6 Å². The second-order valence-electron chi connectivity index (χ2n) is 4.32. The van der Waals surface area contributed by atoms with Crippen molar-refractivity contribution in [2.24, 2.45) is 0 Å². The topological polar surface area (TPSA) is 49.8 Å². The first kappa shape index (κ1) is 15.7. The van der Waals surface area contributed by atoms with Gasteiger partial charge in [0.05, 0.1) is 0 Å². The zero-order chi connectivity index (χ0) is 15.2. The van der Waals surface area contributed by atoms with Crippen LogP contribution in [0.25, 0.3) is 0 Å². The highest BCUT2D eigenvalue weighted by molar-refractivity contribution is 7.98. The lowest BCUT2D eigenvalue weighted by Crippen LogP contribution is -2.16. The predicted octanol–water partition coefficient (Wildman–Crippen LogP) is 2.81. The molecule has 0 saturated heterocycles. The molecule has 0 fully saturated rings. The van der Waals surface area contributed by atoms with Gasteiger partial charge < -0.3 is 10.6 Å². The van der Waals surface area contributed by atoms with Gasteiger partial charge in [0.1, 0.15) is 17.5 Å². The highest BCUT2D eigenvalue weighted by Gasteiger charge is 2.07. The highest BCUT2D eigenvalue weighted by atomic mass is 32.2. The van der Waals surface area contributed by atoms with Gasteiger partial charge in [-0.25, -0.2) is 18.7 Å². The minimum atomic E-state index is -0.574. The van der Waals surface area contributed by atoms with Crippen molar-refractivity contribution in [3.05, 3.63) is 47.2 Å². The van der Waals surface area contributed by atoms with Gasteiger partial charge in [-0.05, 0) is 12.3 Å². The lowest BCUT2D eigenvalue weighted by molar-refractivity contribution is 0.560. The number of anilines is 1. The number of hydrogen-bond acceptors (Lipinski definition) is 5. The second kappa shape index (κ2) is 7.33. The molecule has 0 aliphatic carbocycles. The van der Waals surface area contributed by atoms with Gasteiger partial charge in [0.25, 0.3) is 0 Å². The number of hydrogen-bond donors (Lipinski definition) is 2. The normalized spacial score (nSPS) is 10.7. The molecule has 2 N–H and O–H groups in total. The Morgan fingerprint density at radius 2 is 1.95 bits per heavy atom. The van der Waals surface area contributed by atoms with Crippen LogP contribution < -0.4 is 10.6 Å². The van der Waals surface area contributed by atoms with Crippen LogP contribution in [0.1, 0.15) is 11.1 Å². The van der Waals surface area contributed by atoms with Gasteiger partial charge in [-0.1, -0.05) is 17.8 Å². The molecule has 7 heteroatoms. The number of benzene rings is 1. The summed E-state index contributed by atoms with van der Waals surface area (Å²) in [6, 6.07) is 3.56. The highest BCUT2D eigenvalue weighted by Crippen LogP contribution is 2.16. The van der Waals surface area contributed by atoms with Gasteiger partial charge in [0.15, 0.2) is 5.16 Å². The Morgan fingerprint density at radius 1 is 1.19 bits per heavy atom. The molecule has 21 heavy (non-hydrogen) atoms. The van der Waals surface area contributed by atoms with Crippen LogP contribution in [0.5, 0.6) is 0 Å². The number of thioether (sulfide) groups is 1. The van der Waals surface area contributed by atoms with Crippen molar-refractivity contribution in [3.8, 4) is 0 Å². The van der Waals surface area contributed by atoms with Gasteiger partial charge in [-0.2, -0.15) is 0 Å². The number of nitrogens with one attached hydrogen (secondary N) is 2. The summed E-state index contributed by atoms with van der Waals surface area (Å²) in [6.07, 6.45) is 3.64. The van der Waals surface area contributed by atoms with Crippen molar-refractivity contribution in [3.63, 3.8) is 0 Å². The monoisotopic (exact) mass is 310 g/mol. The molecule has 2 rings (SSSR count). The van der Waals surface area contributed by atoms with E-state index in [2.05, 4.69) is 20.6 Å². The van der Waals surface area contributed by atoms with E-state index < -0.39 is 11.6 Å². The maximum Gasteiger partial charge on any atom is 0.189 e. The van der Waals surface area contributed by atoms with Crippen LogP contribution in [-0.2, 0) is 13.1 Å². The Hall–Kier alpha value is -1.73. The van der Waals surface area contributed by atoms with E-state index in [1.54, 1.807) is 13.2 Å². The summed E-state index contributed by atoms with van der Waals surface area (Å²) in [5.41, 5.74) is 1.31. The third kappa shape index (κ3) is 4.12. The Morgan fingerprint density at radius 3 is 2.62 bits per heavy atom. The fourth-order valence-electron chi connectivity index (χ4n) is 1.83. The van der Waals surface area contributed by atoms with Crippen LogP contribution in [-0.4, -0.2) is 23.3 Å². The van der Waals surface area contributed by atoms with E-state index >= 15 is 0 Å². The first-order valence-corrected chi connectivity index (χ1v) is 7.59. The SMILES string of the molecule is CNc1nc(SC)ncc1CNCc1ccc(F)cc1F. The molecule has 112 valence electrons. The summed E-state index contributed by atoms with van der Waals surface area (Å²) >= 11 is 1.46. The number of aromatic nitrogens is 2. The van der Waals surface area contributed by atoms with Crippen LogP contribution >= 0.6 is 11.8 Å². The summed E-state index contributed by atoms with van der Waals surface area (Å²) in [7, 11) is 1.79. The molecular weight excluding hydrogens is 294 g/mol. The summed E-state index contributed by atoms with van der Waals surface area (Å²) in [4.78, 5) is 8.55. The third-order valence-electron chi connectivity index (χ3n) is 2.91. The molecule has 0 spiro atoms. The lowest BCUT2D eigenvalue weighted by atomic mass is 10.2. The molecule has 0 atom stereocenters. The van der Waals surface area contributed by atoms with Crippen molar-refractivity contribution >= 4 is 17.6 Å².